The first-order valence-corrected chi connectivity index (χ1v) is 22.0. The van der Waals surface area contributed by atoms with E-state index in [1.165, 1.54) is 50.8 Å². The van der Waals surface area contributed by atoms with Gasteiger partial charge in [-0.1, -0.05) is 128 Å². The molecule has 0 spiro atoms. The quantitative estimate of drug-likeness (QED) is 0.0977. The lowest BCUT2D eigenvalue weighted by Crippen LogP contribution is -2.08. The Morgan fingerprint density at radius 3 is 0.945 bits per heavy atom. The molecule has 0 fully saturated rings. The predicted molar refractivity (Wildman–Crippen MR) is 238 cm³/mol. The lowest BCUT2D eigenvalue weighted by atomic mass is 10.0. The molecule has 0 unspecified atom stereocenters. The van der Waals surface area contributed by atoms with E-state index in [1.54, 1.807) is 0 Å². The summed E-state index contributed by atoms with van der Waals surface area (Å²) in [6, 6.07) is 34.2. The molecule has 7 heteroatoms. The highest BCUT2D eigenvalue weighted by atomic mass is 32.1. The Morgan fingerprint density at radius 2 is 0.655 bits per heavy atom. The lowest BCUT2D eigenvalue weighted by Gasteiger charge is -2.19. The van der Waals surface area contributed by atoms with Crippen LogP contribution in [0, 0.1) is 23.7 Å². The van der Waals surface area contributed by atoms with Gasteiger partial charge < -0.3 is 18.9 Å². The van der Waals surface area contributed by atoms with Gasteiger partial charge in [-0.2, -0.15) is 0 Å². The normalized spacial score (nSPS) is 11.9. The van der Waals surface area contributed by atoms with Crippen LogP contribution in [0.25, 0.3) is 61.9 Å². The van der Waals surface area contributed by atoms with Gasteiger partial charge in [0.25, 0.3) is 0 Å². The number of ether oxygens (including phenoxy) is 4. The zero-order valence-corrected chi connectivity index (χ0v) is 35.7. The summed E-state index contributed by atoms with van der Waals surface area (Å²) in [5.41, 5.74) is 6.88. The summed E-state index contributed by atoms with van der Waals surface area (Å²) < 4.78 is 31.5. The van der Waals surface area contributed by atoms with Gasteiger partial charge in [0, 0.05) is 11.1 Å². The Labute approximate surface area is 338 Å². The molecular formula is C48H52O4S3. The molecule has 3 aromatic heterocycles. The van der Waals surface area contributed by atoms with Crippen LogP contribution in [0.15, 0.2) is 97.1 Å². The summed E-state index contributed by atoms with van der Waals surface area (Å²) in [6.45, 7) is 20.0. The first-order valence-electron chi connectivity index (χ1n) is 19.5. The minimum atomic E-state index is 0.385. The molecule has 0 aliphatic heterocycles. The summed E-state index contributed by atoms with van der Waals surface area (Å²) in [4.78, 5) is 2.34. The maximum atomic E-state index is 6.60. The molecular weight excluding hydrogens is 737 g/mol. The van der Waals surface area contributed by atoms with Crippen molar-refractivity contribution in [1.29, 1.82) is 0 Å². The van der Waals surface area contributed by atoms with Gasteiger partial charge in [-0.15, -0.1) is 34.0 Å². The van der Waals surface area contributed by atoms with E-state index in [9.17, 15) is 0 Å². The number of hydrogen-bond donors (Lipinski definition) is 0. The highest BCUT2D eigenvalue weighted by Gasteiger charge is 2.30. The molecule has 0 bridgehead atoms. The molecule has 0 N–H and O–H groups in total. The molecule has 55 heavy (non-hydrogen) atoms. The van der Waals surface area contributed by atoms with Gasteiger partial charge in [-0.25, -0.2) is 0 Å². The van der Waals surface area contributed by atoms with E-state index in [4.69, 9.17) is 18.9 Å². The maximum absolute atomic E-state index is 6.60. The monoisotopic (exact) mass is 788 g/mol. The molecule has 4 aromatic carbocycles. The molecule has 0 aliphatic carbocycles. The maximum Gasteiger partial charge on any atom is 0.131 e. The highest BCUT2D eigenvalue weighted by Crippen LogP contribution is 2.60. The summed E-state index contributed by atoms with van der Waals surface area (Å²) in [5.74, 6) is 4.97. The minimum absolute atomic E-state index is 0.385. The molecule has 0 atom stereocenters. The van der Waals surface area contributed by atoms with Gasteiger partial charge in [0.05, 0.1) is 66.1 Å². The number of thiophene rings is 3. The third kappa shape index (κ3) is 8.45. The fourth-order valence-corrected chi connectivity index (χ4v) is 11.2. The van der Waals surface area contributed by atoms with E-state index in [2.05, 4.69) is 152 Å². The topological polar surface area (TPSA) is 36.9 Å². The van der Waals surface area contributed by atoms with Crippen molar-refractivity contribution in [1.82, 2.24) is 0 Å². The summed E-state index contributed by atoms with van der Waals surface area (Å²) in [6.07, 6.45) is 0. The van der Waals surface area contributed by atoms with Crippen LogP contribution in [-0.4, -0.2) is 26.4 Å². The molecule has 3 heterocycles. The van der Waals surface area contributed by atoms with E-state index >= 15 is 0 Å². The molecule has 7 rings (SSSR count). The van der Waals surface area contributed by atoms with Gasteiger partial charge >= 0.3 is 0 Å². The molecule has 0 aliphatic rings. The van der Waals surface area contributed by atoms with Gasteiger partial charge in [-0.3, -0.25) is 0 Å². The van der Waals surface area contributed by atoms with Crippen molar-refractivity contribution in [3.05, 3.63) is 97.1 Å². The van der Waals surface area contributed by atoms with Crippen LogP contribution >= 0.6 is 34.0 Å². The Kier molecular flexibility index (Phi) is 12.2. The van der Waals surface area contributed by atoms with Crippen molar-refractivity contribution in [3.8, 4) is 66.1 Å². The molecule has 0 radical (unpaired) electrons. The van der Waals surface area contributed by atoms with Crippen LogP contribution < -0.4 is 18.9 Å². The van der Waals surface area contributed by atoms with Crippen LogP contribution in [0.4, 0.5) is 0 Å². The number of benzene rings is 4. The Morgan fingerprint density at radius 1 is 0.345 bits per heavy atom. The van der Waals surface area contributed by atoms with Crippen molar-refractivity contribution in [2.45, 2.75) is 55.4 Å². The van der Waals surface area contributed by atoms with E-state index < -0.39 is 0 Å². The Bertz CT molecular complexity index is 2120. The summed E-state index contributed by atoms with van der Waals surface area (Å²) in [5, 5.41) is 0. The molecule has 4 nitrogen and oxygen atoms in total. The van der Waals surface area contributed by atoms with Gasteiger partial charge in [-0.05, 0) is 59.1 Å². The van der Waals surface area contributed by atoms with Crippen molar-refractivity contribution < 1.29 is 18.9 Å². The van der Waals surface area contributed by atoms with Crippen LogP contribution in [0.2, 0.25) is 0 Å². The predicted octanol–water partition coefficient (Wildman–Crippen LogP) is 15.0. The standard InChI is InChI=1S/C48H52O4S3/c1-29(2)25-49-35-21-15-22-36(50-26-30(3)4)41(35)43-39(33-17-11-9-12-18-33)45-47(53-43)48-46(55-45)40(34-19-13-10-14-20-34)44(54-48)42-37(51-27-31(5)6)23-16-24-38(42)52-28-32(7)8/h9-24,29-32H,25-28H2,1-8H3. The van der Waals surface area contributed by atoms with Gasteiger partial charge in [0.1, 0.15) is 23.0 Å². The summed E-state index contributed by atoms with van der Waals surface area (Å²) in [7, 11) is 0. The van der Waals surface area contributed by atoms with E-state index in [0.29, 0.717) is 50.1 Å². The van der Waals surface area contributed by atoms with Crippen LogP contribution in [-0.2, 0) is 0 Å². The third-order valence-electron chi connectivity index (χ3n) is 8.98. The number of hydrogen-bond acceptors (Lipinski definition) is 7. The Balaban J connectivity index is 1.54. The Hall–Kier alpha value is -4.30. The molecule has 7 aromatic rings. The molecule has 0 amide bonds. The van der Waals surface area contributed by atoms with Crippen LogP contribution in [0.3, 0.4) is 0 Å². The fraction of sp³-hybridized carbons (Fsp3) is 0.333. The average Bonchev–Trinajstić information content (AvgIpc) is 3.83. The van der Waals surface area contributed by atoms with Crippen molar-refractivity contribution in [2.75, 3.05) is 26.4 Å². The lowest BCUT2D eigenvalue weighted by molar-refractivity contribution is 0.260. The zero-order chi connectivity index (χ0) is 38.6. The third-order valence-corrected chi connectivity index (χ3v) is 13.0. The fourth-order valence-electron chi connectivity index (χ4n) is 6.49. The van der Waals surface area contributed by atoms with Crippen molar-refractivity contribution in [2.24, 2.45) is 23.7 Å². The zero-order valence-electron chi connectivity index (χ0n) is 33.2. The first kappa shape index (κ1) is 39.0. The highest BCUT2D eigenvalue weighted by molar-refractivity contribution is 7.41. The second kappa shape index (κ2) is 17.2. The molecule has 0 saturated heterocycles. The van der Waals surface area contributed by atoms with Crippen LogP contribution in [0.1, 0.15) is 55.4 Å². The van der Waals surface area contributed by atoms with E-state index in [1.807, 2.05) is 34.0 Å². The molecule has 0 saturated carbocycles. The van der Waals surface area contributed by atoms with Gasteiger partial charge in [0.2, 0.25) is 0 Å². The van der Waals surface area contributed by atoms with Gasteiger partial charge in [0.15, 0.2) is 0 Å². The van der Waals surface area contributed by atoms with E-state index in [0.717, 1.165) is 34.1 Å². The first-order chi connectivity index (χ1) is 26.6. The SMILES string of the molecule is CC(C)COc1cccc(OCC(C)C)c1-c1sc2c(sc3c(-c4ccccc4)c(-c4c(OCC(C)C)cccc4OCC(C)C)sc32)c1-c1ccccc1. The summed E-state index contributed by atoms with van der Waals surface area (Å²) >= 11 is 5.59. The number of rotatable bonds is 16. The largest absolute Gasteiger partial charge is 0.493 e. The van der Waals surface area contributed by atoms with E-state index in [-0.39, 0.29) is 0 Å². The second-order valence-corrected chi connectivity index (χ2v) is 18.9. The minimum Gasteiger partial charge on any atom is -0.493 e. The second-order valence-electron chi connectivity index (χ2n) is 15.8. The molecule has 286 valence electrons. The van der Waals surface area contributed by atoms with Crippen LogP contribution in [0.5, 0.6) is 23.0 Å². The van der Waals surface area contributed by atoms with Crippen molar-refractivity contribution in [3.63, 3.8) is 0 Å². The van der Waals surface area contributed by atoms with Crippen molar-refractivity contribution >= 4 is 52.8 Å². The smallest absolute Gasteiger partial charge is 0.131 e. The average molecular weight is 789 g/mol. The number of fused-ring (bicyclic) bond motifs is 3.